The second kappa shape index (κ2) is 6.63. The van der Waals surface area contributed by atoms with Gasteiger partial charge in [-0.2, -0.15) is 5.10 Å². The molecule has 1 aliphatic rings. The van der Waals surface area contributed by atoms with E-state index in [1.54, 1.807) is 11.5 Å². The lowest BCUT2D eigenvalue weighted by Gasteiger charge is -2.24. The third-order valence-corrected chi connectivity index (χ3v) is 4.97. The van der Waals surface area contributed by atoms with E-state index < -0.39 is 12.1 Å². The minimum atomic E-state index is -0.562. The van der Waals surface area contributed by atoms with Crippen LogP contribution in [0.1, 0.15) is 25.8 Å². The van der Waals surface area contributed by atoms with Crippen molar-refractivity contribution in [3.05, 3.63) is 22.3 Å². The van der Waals surface area contributed by atoms with Crippen molar-refractivity contribution in [2.45, 2.75) is 31.8 Å². The lowest BCUT2D eigenvalue weighted by atomic mass is 10.1. The molecule has 3 rings (SSSR count). The van der Waals surface area contributed by atoms with Crippen LogP contribution in [0.3, 0.4) is 0 Å². The molecule has 0 aliphatic carbocycles. The largest absolute Gasteiger partial charge is 0.354 e. The molecular weight excluding hydrogens is 334 g/mol. The lowest BCUT2D eigenvalue weighted by Crippen LogP contribution is -2.51. The van der Waals surface area contributed by atoms with Gasteiger partial charge in [0.1, 0.15) is 12.1 Å². The van der Waals surface area contributed by atoms with Crippen LogP contribution < -0.4 is 10.6 Å². The molecule has 2 aromatic rings. The number of rotatable bonds is 4. The van der Waals surface area contributed by atoms with Gasteiger partial charge in [0.05, 0.1) is 4.88 Å². The molecule has 2 amide bonds. The Balaban J connectivity index is 1.81. The van der Waals surface area contributed by atoms with Crippen molar-refractivity contribution in [2.75, 3.05) is 6.54 Å². The van der Waals surface area contributed by atoms with Crippen molar-refractivity contribution in [1.82, 2.24) is 25.4 Å². The predicted molar refractivity (Wildman–Crippen MR) is 89.6 cm³/mol. The topological polar surface area (TPSA) is 91.8 Å². The maximum absolute atomic E-state index is 12.5. The lowest BCUT2D eigenvalue weighted by molar-refractivity contribution is -0.131. The van der Waals surface area contributed by atoms with Crippen molar-refractivity contribution in [3.63, 3.8) is 0 Å². The van der Waals surface area contributed by atoms with Crippen molar-refractivity contribution in [3.8, 4) is 10.7 Å². The number of piperidine rings is 1. The molecule has 2 atom stereocenters. The molecule has 3 N–H and O–H groups in total. The number of thiophene rings is 1. The monoisotopic (exact) mass is 351 g/mol. The van der Waals surface area contributed by atoms with Gasteiger partial charge >= 0.3 is 0 Å². The number of amides is 2. The molecule has 2 unspecified atom stereocenters. The SMILES string of the molecule is CC(C(=O)NC1CCCNC1=O)n1c(-c2cccs2)n[nH]c1=S. The Hall–Kier alpha value is -2.00. The maximum Gasteiger partial charge on any atom is 0.243 e. The van der Waals surface area contributed by atoms with Gasteiger partial charge < -0.3 is 10.6 Å². The fourth-order valence-corrected chi connectivity index (χ4v) is 3.56. The zero-order chi connectivity index (χ0) is 16.4. The first kappa shape index (κ1) is 15.9. The summed E-state index contributed by atoms with van der Waals surface area (Å²) in [5.41, 5.74) is 0. The van der Waals surface area contributed by atoms with E-state index in [-0.39, 0.29) is 11.8 Å². The van der Waals surface area contributed by atoms with Crippen LogP contribution in [-0.2, 0) is 9.59 Å². The number of carbonyl (C=O) groups excluding carboxylic acids is 2. The van der Waals surface area contributed by atoms with Crippen LogP contribution in [0.5, 0.6) is 0 Å². The molecule has 0 aromatic carbocycles. The summed E-state index contributed by atoms with van der Waals surface area (Å²) in [7, 11) is 0. The Bertz CT molecular complexity index is 764. The van der Waals surface area contributed by atoms with Gasteiger partial charge in [0.2, 0.25) is 11.8 Å². The minimum Gasteiger partial charge on any atom is -0.354 e. The van der Waals surface area contributed by atoms with E-state index in [4.69, 9.17) is 12.2 Å². The number of H-pyrrole nitrogens is 1. The van der Waals surface area contributed by atoms with Crippen LogP contribution in [0, 0.1) is 4.77 Å². The van der Waals surface area contributed by atoms with Gasteiger partial charge in [-0.1, -0.05) is 6.07 Å². The second-order valence-electron chi connectivity index (χ2n) is 5.37. The first-order chi connectivity index (χ1) is 11.1. The van der Waals surface area contributed by atoms with Gasteiger partial charge in [-0.15, -0.1) is 11.3 Å². The number of carbonyl (C=O) groups is 2. The molecule has 0 radical (unpaired) electrons. The van der Waals surface area contributed by atoms with E-state index in [0.717, 1.165) is 11.3 Å². The standard InChI is InChI=1S/C14H17N5O2S2/c1-8(12(20)16-9-4-2-6-15-13(9)21)19-11(17-18-14(19)22)10-5-3-7-23-10/h3,5,7-9H,2,4,6H2,1H3,(H,15,21)(H,16,20)(H,18,22). The number of aromatic amines is 1. The van der Waals surface area contributed by atoms with Crippen molar-refractivity contribution >= 4 is 35.4 Å². The molecule has 9 heteroatoms. The Morgan fingerprint density at radius 1 is 1.61 bits per heavy atom. The molecule has 0 saturated carbocycles. The Kier molecular flexibility index (Phi) is 4.58. The third-order valence-electron chi connectivity index (χ3n) is 3.81. The smallest absolute Gasteiger partial charge is 0.243 e. The molecule has 2 aromatic heterocycles. The second-order valence-corrected chi connectivity index (χ2v) is 6.70. The van der Waals surface area contributed by atoms with Crippen LogP contribution in [0.2, 0.25) is 0 Å². The summed E-state index contributed by atoms with van der Waals surface area (Å²) in [5.74, 6) is 0.245. The minimum absolute atomic E-state index is 0.133. The molecule has 0 bridgehead atoms. The van der Waals surface area contributed by atoms with E-state index in [1.807, 2.05) is 17.5 Å². The highest BCUT2D eigenvalue weighted by atomic mass is 32.1. The summed E-state index contributed by atoms with van der Waals surface area (Å²) in [5, 5.41) is 14.5. The van der Waals surface area contributed by atoms with E-state index in [1.165, 1.54) is 11.3 Å². The van der Waals surface area contributed by atoms with Crippen LogP contribution in [0.25, 0.3) is 10.7 Å². The van der Waals surface area contributed by atoms with Gasteiger partial charge in [-0.25, -0.2) is 0 Å². The van der Waals surface area contributed by atoms with Crippen LogP contribution in [0.4, 0.5) is 0 Å². The summed E-state index contributed by atoms with van der Waals surface area (Å²) in [6.45, 7) is 2.41. The highest BCUT2D eigenvalue weighted by Gasteiger charge is 2.27. The normalized spacial score (nSPS) is 19.2. The summed E-state index contributed by atoms with van der Waals surface area (Å²) in [6.07, 6.45) is 1.51. The number of aromatic nitrogens is 3. The first-order valence-corrected chi connectivity index (χ1v) is 8.65. The van der Waals surface area contributed by atoms with Crippen LogP contribution in [0.15, 0.2) is 17.5 Å². The summed E-state index contributed by atoms with van der Waals surface area (Å²) in [6, 6.07) is 2.79. The van der Waals surface area contributed by atoms with Gasteiger partial charge in [0.25, 0.3) is 0 Å². The van der Waals surface area contributed by atoms with Crippen molar-refractivity contribution < 1.29 is 9.59 Å². The van der Waals surface area contributed by atoms with E-state index in [0.29, 0.717) is 23.6 Å². The fourth-order valence-electron chi connectivity index (χ4n) is 2.56. The number of nitrogens with one attached hydrogen (secondary N) is 3. The average Bonchev–Trinajstić information content (AvgIpc) is 3.18. The number of hydrogen-bond donors (Lipinski definition) is 3. The summed E-state index contributed by atoms with van der Waals surface area (Å²) >= 11 is 6.78. The highest BCUT2D eigenvalue weighted by molar-refractivity contribution is 7.71. The molecule has 7 nitrogen and oxygen atoms in total. The maximum atomic E-state index is 12.5. The molecule has 122 valence electrons. The highest BCUT2D eigenvalue weighted by Crippen LogP contribution is 2.25. The molecular formula is C14H17N5O2S2. The predicted octanol–water partition coefficient (Wildman–Crippen LogP) is 1.62. The van der Waals surface area contributed by atoms with E-state index >= 15 is 0 Å². The molecule has 1 saturated heterocycles. The molecule has 3 heterocycles. The van der Waals surface area contributed by atoms with Gasteiger partial charge in [-0.3, -0.25) is 19.3 Å². The molecule has 1 aliphatic heterocycles. The zero-order valence-electron chi connectivity index (χ0n) is 12.5. The van der Waals surface area contributed by atoms with Gasteiger partial charge in [-0.05, 0) is 43.4 Å². The van der Waals surface area contributed by atoms with E-state index in [9.17, 15) is 9.59 Å². The van der Waals surface area contributed by atoms with Crippen molar-refractivity contribution in [1.29, 1.82) is 0 Å². The summed E-state index contributed by atoms with van der Waals surface area (Å²) < 4.78 is 2.06. The van der Waals surface area contributed by atoms with Crippen molar-refractivity contribution in [2.24, 2.45) is 0 Å². The quantitative estimate of drug-likeness (QED) is 0.730. The molecule has 23 heavy (non-hydrogen) atoms. The molecule has 1 fully saturated rings. The Morgan fingerprint density at radius 2 is 2.43 bits per heavy atom. The third kappa shape index (κ3) is 3.20. The van der Waals surface area contributed by atoms with Gasteiger partial charge in [0, 0.05) is 6.54 Å². The van der Waals surface area contributed by atoms with Crippen LogP contribution in [-0.4, -0.2) is 39.2 Å². The molecule has 0 spiro atoms. The number of nitrogens with zero attached hydrogens (tertiary/aromatic N) is 2. The number of hydrogen-bond acceptors (Lipinski definition) is 5. The van der Waals surface area contributed by atoms with Gasteiger partial charge in [0.15, 0.2) is 10.6 Å². The van der Waals surface area contributed by atoms with Crippen LogP contribution >= 0.6 is 23.6 Å². The fraction of sp³-hybridized carbons (Fsp3) is 0.429. The Morgan fingerprint density at radius 3 is 3.13 bits per heavy atom. The Labute approximate surface area is 142 Å². The summed E-state index contributed by atoms with van der Waals surface area (Å²) in [4.78, 5) is 25.2. The zero-order valence-corrected chi connectivity index (χ0v) is 14.2. The first-order valence-electron chi connectivity index (χ1n) is 7.37. The van der Waals surface area contributed by atoms with E-state index in [2.05, 4.69) is 20.8 Å². The average molecular weight is 351 g/mol.